The van der Waals surface area contributed by atoms with Gasteiger partial charge in [-0.3, -0.25) is 9.10 Å². The second kappa shape index (κ2) is 6.23. The van der Waals surface area contributed by atoms with Gasteiger partial charge in [0.1, 0.15) is 0 Å². The first-order valence-corrected chi connectivity index (χ1v) is 9.03. The molecule has 1 aliphatic rings. The van der Waals surface area contributed by atoms with Gasteiger partial charge in [-0.1, -0.05) is 17.7 Å². The molecule has 0 atom stereocenters. The Morgan fingerprint density at radius 2 is 2.10 bits per heavy atom. The van der Waals surface area contributed by atoms with Gasteiger partial charge in [0.05, 0.1) is 18.5 Å². The van der Waals surface area contributed by atoms with E-state index in [4.69, 9.17) is 11.6 Å². The van der Waals surface area contributed by atoms with E-state index in [9.17, 15) is 13.2 Å². The van der Waals surface area contributed by atoms with E-state index < -0.39 is 10.0 Å². The van der Waals surface area contributed by atoms with Crippen molar-refractivity contribution in [2.45, 2.75) is 19.8 Å². The first-order chi connectivity index (χ1) is 9.79. The lowest BCUT2D eigenvalue weighted by Gasteiger charge is -2.23. The normalized spacial score (nSPS) is 14.8. The fourth-order valence-electron chi connectivity index (χ4n) is 1.99. The third-order valence-corrected chi connectivity index (χ3v) is 5.01. The third kappa shape index (κ3) is 4.35. The second-order valence-corrected chi connectivity index (χ2v) is 7.65. The van der Waals surface area contributed by atoms with Crippen LogP contribution in [0, 0.1) is 12.8 Å². The molecule has 0 saturated heterocycles. The number of rotatable bonds is 6. The van der Waals surface area contributed by atoms with Crippen LogP contribution in [-0.4, -0.2) is 33.7 Å². The molecule has 116 valence electrons. The molecule has 7 heteroatoms. The minimum atomic E-state index is -3.43. The van der Waals surface area contributed by atoms with Crippen molar-refractivity contribution in [1.82, 2.24) is 5.32 Å². The molecule has 1 aromatic rings. The molecule has 21 heavy (non-hydrogen) atoms. The Kier molecular flexibility index (Phi) is 4.78. The van der Waals surface area contributed by atoms with Gasteiger partial charge in [0, 0.05) is 17.5 Å². The van der Waals surface area contributed by atoms with Crippen LogP contribution in [0.15, 0.2) is 18.2 Å². The molecule has 0 aromatic heterocycles. The minimum Gasteiger partial charge on any atom is -0.354 e. The number of sulfonamides is 1. The van der Waals surface area contributed by atoms with Crippen molar-refractivity contribution in [3.63, 3.8) is 0 Å². The lowest BCUT2D eigenvalue weighted by molar-refractivity contribution is -0.122. The molecule has 1 fully saturated rings. The van der Waals surface area contributed by atoms with Gasteiger partial charge in [-0.05, 0) is 37.5 Å². The van der Waals surface area contributed by atoms with Crippen LogP contribution >= 0.6 is 11.6 Å². The fraction of sp³-hybridized carbons (Fsp3) is 0.500. The lowest BCUT2D eigenvalue weighted by atomic mass is 10.2. The summed E-state index contributed by atoms with van der Waals surface area (Å²) < 4.78 is 25.1. The third-order valence-electron chi connectivity index (χ3n) is 3.41. The number of carbonyl (C=O) groups excluding carboxylic acids is 1. The van der Waals surface area contributed by atoms with Gasteiger partial charge in [-0.15, -0.1) is 0 Å². The van der Waals surface area contributed by atoms with Crippen molar-refractivity contribution < 1.29 is 13.2 Å². The number of anilines is 1. The number of nitrogens with zero attached hydrogens (tertiary/aromatic N) is 1. The Morgan fingerprint density at radius 3 is 2.62 bits per heavy atom. The molecule has 0 heterocycles. The van der Waals surface area contributed by atoms with Crippen molar-refractivity contribution in [2.24, 2.45) is 5.92 Å². The monoisotopic (exact) mass is 330 g/mol. The number of hydrogen-bond donors (Lipinski definition) is 1. The molecule has 0 aliphatic heterocycles. The highest BCUT2D eigenvalue weighted by Crippen LogP contribution is 2.28. The van der Waals surface area contributed by atoms with Gasteiger partial charge in [-0.2, -0.15) is 0 Å². The van der Waals surface area contributed by atoms with E-state index in [-0.39, 0.29) is 24.9 Å². The van der Waals surface area contributed by atoms with Crippen LogP contribution in [0.5, 0.6) is 0 Å². The number of aryl methyl sites for hydroxylation is 1. The summed E-state index contributed by atoms with van der Waals surface area (Å²) in [5.41, 5.74) is 1.39. The number of halogens is 1. The molecule has 0 bridgehead atoms. The van der Waals surface area contributed by atoms with E-state index >= 15 is 0 Å². The van der Waals surface area contributed by atoms with E-state index in [0.29, 0.717) is 10.7 Å². The van der Waals surface area contributed by atoms with Gasteiger partial charge >= 0.3 is 0 Å². The molecule has 1 aromatic carbocycles. The van der Waals surface area contributed by atoms with Crippen molar-refractivity contribution in [3.8, 4) is 0 Å². The Morgan fingerprint density at radius 1 is 1.43 bits per heavy atom. The average molecular weight is 331 g/mol. The molecule has 1 N–H and O–H groups in total. The van der Waals surface area contributed by atoms with Crippen LogP contribution < -0.4 is 9.62 Å². The zero-order valence-electron chi connectivity index (χ0n) is 12.1. The Labute approximate surface area is 130 Å². The number of benzene rings is 1. The molecule has 1 saturated carbocycles. The molecule has 5 nitrogen and oxygen atoms in total. The van der Waals surface area contributed by atoms with Gasteiger partial charge in [0.15, 0.2) is 0 Å². The highest BCUT2D eigenvalue weighted by Gasteiger charge is 2.29. The second-order valence-electron chi connectivity index (χ2n) is 5.33. The van der Waals surface area contributed by atoms with Crippen LogP contribution in [0.4, 0.5) is 5.69 Å². The maximum atomic E-state index is 11.9. The van der Waals surface area contributed by atoms with E-state index in [0.717, 1.165) is 24.7 Å². The highest BCUT2D eigenvalue weighted by atomic mass is 35.5. The van der Waals surface area contributed by atoms with Crippen LogP contribution in [-0.2, 0) is 14.8 Å². The largest absolute Gasteiger partial charge is 0.354 e. The summed E-state index contributed by atoms with van der Waals surface area (Å²) in [6.07, 6.45) is 2.99. The molecular weight excluding hydrogens is 312 g/mol. The van der Waals surface area contributed by atoms with Crippen LogP contribution in [0.25, 0.3) is 0 Å². The molecule has 1 amide bonds. The Bertz CT molecular complexity index is 642. The molecule has 0 spiro atoms. The van der Waals surface area contributed by atoms with Gasteiger partial charge in [0.25, 0.3) is 0 Å². The summed E-state index contributed by atoms with van der Waals surface area (Å²) in [7, 11) is -3.43. The first-order valence-electron chi connectivity index (χ1n) is 6.80. The van der Waals surface area contributed by atoms with Crippen molar-refractivity contribution in [3.05, 3.63) is 28.8 Å². The Balaban J connectivity index is 2.07. The molecule has 0 unspecified atom stereocenters. The van der Waals surface area contributed by atoms with Crippen LogP contribution in [0.2, 0.25) is 5.02 Å². The van der Waals surface area contributed by atoms with E-state index in [1.54, 1.807) is 18.2 Å². The first kappa shape index (κ1) is 16.1. The standard InChI is InChI=1S/C14H19ClN2O3S/c1-10-3-6-12(9-13(10)15)17(21(2,19)20)8-7-16-14(18)11-4-5-11/h3,6,9,11H,4-5,7-8H2,1-2H3,(H,16,18). The summed E-state index contributed by atoms with van der Waals surface area (Å²) >= 11 is 6.05. The van der Waals surface area contributed by atoms with Crippen molar-refractivity contribution in [2.75, 3.05) is 23.7 Å². The lowest BCUT2D eigenvalue weighted by Crippen LogP contribution is -2.38. The van der Waals surface area contributed by atoms with Crippen LogP contribution in [0.1, 0.15) is 18.4 Å². The summed E-state index contributed by atoms with van der Waals surface area (Å²) in [5, 5.41) is 3.28. The molecule has 0 radical (unpaired) electrons. The smallest absolute Gasteiger partial charge is 0.232 e. The topological polar surface area (TPSA) is 66.5 Å². The molecule has 2 rings (SSSR count). The quantitative estimate of drug-likeness (QED) is 0.866. The minimum absolute atomic E-state index is 0.00499. The highest BCUT2D eigenvalue weighted by molar-refractivity contribution is 7.92. The van der Waals surface area contributed by atoms with Crippen molar-refractivity contribution in [1.29, 1.82) is 0 Å². The maximum absolute atomic E-state index is 11.9. The molecule has 1 aliphatic carbocycles. The van der Waals surface area contributed by atoms with Gasteiger partial charge in [-0.25, -0.2) is 8.42 Å². The number of amides is 1. The van der Waals surface area contributed by atoms with Gasteiger partial charge in [0.2, 0.25) is 15.9 Å². The van der Waals surface area contributed by atoms with E-state index in [2.05, 4.69) is 5.32 Å². The summed E-state index contributed by atoms with van der Waals surface area (Å²) in [6, 6.07) is 5.12. The predicted octanol–water partition coefficient (Wildman–Crippen LogP) is 1.94. The zero-order valence-corrected chi connectivity index (χ0v) is 13.7. The summed E-state index contributed by atoms with van der Waals surface area (Å²) in [4.78, 5) is 11.6. The van der Waals surface area contributed by atoms with E-state index in [1.807, 2.05) is 6.92 Å². The van der Waals surface area contributed by atoms with Crippen molar-refractivity contribution >= 4 is 33.2 Å². The predicted molar refractivity (Wildman–Crippen MR) is 84.1 cm³/mol. The number of nitrogens with one attached hydrogen (secondary N) is 1. The van der Waals surface area contributed by atoms with Crippen LogP contribution in [0.3, 0.4) is 0 Å². The fourth-order valence-corrected chi connectivity index (χ4v) is 3.09. The number of hydrogen-bond acceptors (Lipinski definition) is 3. The summed E-state index contributed by atoms with van der Waals surface area (Å²) in [5.74, 6) is 0.121. The van der Waals surface area contributed by atoms with Gasteiger partial charge < -0.3 is 5.32 Å². The number of carbonyl (C=O) groups is 1. The molecular formula is C14H19ClN2O3S. The summed E-state index contributed by atoms with van der Waals surface area (Å²) in [6.45, 7) is 2.33. The Hall–Kier alpha value is -1.27. The maximum Gasteiger partial charge on any atom is 0.232 e. The zero-order chi connectivity index (χ0) is 15.6. The average Bonchev–Trinajstić information content (AvgIpc) is 3.21. The van der Waals surface area contributed by atoms with E-state index in [1.165, 1.54) is 4.31 Å². The SMILES string of the molecule is Cc1ccc(N(CCNC(=O)C2CC2)S(C)(=O)=O)cc1Cl.